The summed E-state index contributed by atoms with van der Waals surface area (Å²) in [4.78, 5) is 2.59. The van der Waals surface area contributed by atoms with Crippen LogP contribution in [0.3, 0.4) is 0 Å². The fraction of sp³-hybridized carbons (Fsp3) is 1.00. The summed E-state index contributed by atoms with van der Waals surface area (Å²) < 4.78 is 6.16. The van der Waals surface area contributed by atoms with Crippen LogP contribution in [0.15, 0.2) is 0 Å². The lowest BCUT2D eigenvalue weighted by Crippen LogP contribution is -2.45. The summed E-state index contributed by atoms with van der Waals surface area (Å²) in [5.41, 5.74) is 0. The molecule has 0 bridgehead atoms. The molecule has 2 aliphatic rings. The normalized spacial score (nSPS) is 31.5. The molecule has 16 heavy (non-hydrogen) atoms. The molecule has 2 rings (SSSR count). The van der Waals surface area contributed by atoms with Crippen molar-refractivity contribution in [2.24, 2.45) is 0 Å². The van der Waals surface area contributed by atoms with Gasteiger partial charge in [0.25, 0.3) is 0 Å². The number of nitrogens with one attached hydrogen (secondary N) is 1. The van der Waals surface area contributed by atoms with Crippen molar-refractivity contribution in [2.45, 2.75) is 31.1 Å². The Morgan fingerprint density at radius 1 is 1.50 bits per heavy atom. The van der Waals surface area contributed by atoms with Crippen LogP contribution in [0.2, 0.25) is 0 Å². The number of hydrogen-bond acceptors (Lipinski definition) is 4. The van der Waals surface area contributed by atoms with E-state index in [0.29, 0.717) is 10.9 Å². The van der Waals surface area contributed by atoms with E-state index in [1.807, 2.05) is 0 Å². The molecule has 3 nitrogen and oxygen atoms in total. The maximum atomic E-state index is 5.73. The molecule has 2 aliphatic heterocycles. The van der Waals surface area contributed by atoms with E-state index in [0.717, 1.165) is 19.7 Å². The van der Waals surface area contributed by atoms with Gasteiger partial charge in [0.05, 0.1) is 12.7 Å². The summed E-state index contributed by atoms with van der Waals surface area (Å²) in [6.45, 7) is 11.3. The van der Waals surface area contributed by atoms with E-state index in [2.05, 4.69) is 35.8 Å². The van der Waals surface area contributed by atoms with Crippen molar-refractivity contribution in [3.63, 3.8) is 0 Å². The second-order valence-corrected chi connectivity index (χ2v) is 7.17. The van der Waals surface area contributed by atoms with Crippen molar-refractivity contribution in [1.29, 1.82) is 0 Å². The zero-order chi connectivity index (χ0) is 11.4. The van der Waals surface area contributed by atoms with Crippen molar-refractivity contribution >= 4 is 11.8 Å². The van der Waals surface area contributed by atoms with Gasteiger partial charge in [0.1, 0.15) is 0 Å². The quantitative estimate of drug-likeness (QED) is 0.806. The summed E-state index contributed by atoms with van der Waals surface area (Å²) in [5.74, 6) is 1.27. The Bertz CT molecular complexity index is 217. The van der Waals surface area contributed by atoms with Gasteiger partial charge >= 0.3 is 0 Å². The number of hydrogen-bond donors (Lipinski definition) is 1. The Morgan fingerprint density at radius 2 is 2.38 bits per heavy atom. The van der Waals surface area contributed by atoms with E-state index in [9.17, 15) is 0 Å². The maximum Gasteiger partial charge on any atom is 0.0712 e. The molecule has 0 saturated carbocycles. The largest absolute Gasteiger partial charge is 0.376 e. The van der Waals surface area contributed by atoms with Gasteiger partial charge in [0, 0.05) is 43.2 Å². The first-order valence-corrected chi connectivity index (χ1v) is 7.33. The molecular weight excluding hydrogens is 220 g/mol. The van der Waals surface area contributed by atoms with Crippen LogP contribution >= 0.6 is 11.8 Å². The zero-order valence-electron chi connectivity index (χ0n) is 10.5. The summed E-state index contributed by atoms with van der Waals surface area (Å²) in [7, 11) is 0. The Labute approximate surface area is 103 Å². The molecule has 1 atom stereocenters. The van der Waals surface area contributed by atoms with E-state index in [4.69, 9.17) is 4.74 Å². The molecule has 2 heterocycles. The average Bonchev–Trinajstić information content (AvgIpc) is 2.27. The lowest BCUT2D eigenvalue weighted by atomic mass is 10.1. The van der Waals surface area contributed by atoms with Crippen LogP contribution in [0.4, 0.5) is 0 Å². The third-order valence-electron chi connectivity index (χ3n) is 3.28. The Balaban J connectivity index is 1.68. The minimum atomic E-state index is 0.434. The monoisotopic (exact) mass is 244 g/mol. The van der Waals surface area contributed by atoms with Gasteiger partial charge in [-0.25, -0.2) is 0 Å². The van der Waals surface area contributed by atoms with E-state index in [1.54, 1.807) is 0 Å². The van der Waals surface area contributed by atoms with Crippen LogP contribution in [0.25, 0.3) is 0 Å². The van der Waals surface area contributed by atoms with Gasteiger partial charge in [0.15, 0.2) is 0 Å². The molecule has 1 unspecified atom stereocenters. The van der Waals surface area contributed by atoms with E-state index in [-0.39, 0.29) is 0 Å². The lowest BCUT2D eigenvalue weighted by Gasteiger charge is -2.38. The highest BCUT2D eigenvalue weighted by molar-refractivity contribution is 8.00. The SMILES string of the molecule is CC1(C)CN(CCC2CNCCO2)CCS1. The molecule has 94 valence electrons. The Kier molecular flexibility index (Phi) is 4.53. The van der Waals surface area contributed by atoms with Crippen LogP contribution in [-0.2, 0) is 4.74 Å². The van der Waals surface area contributed by atoms with Gasteiger partial charge < -0.3 is 15.0 Å². The third kappa shape index (κ3) is 3.91. The lowest BCUT2D eigenvalue weighted by molar-refractivity contribution is 0.0171. The highest BCUT2D eigenvalue weighted by atomic mass is 32.2. The first-order chi connectivity index (χ1) is 7.66. The topological polar surface area (TPSA) is 24.5 Å². The maximum absolute atomic E-state index is 5.73. The molecule has 0 aliphatic carbocycles. The molecule has 2 fully saturated rings. The first kappa shape index (κ1) is 12.7. The van der Waals surface area contributed by atoms with E-state index in [1.165, 1.54) is 31.8 Å². The zero-order valence-corrected chi connectivity index (χ0v) is 11.3. The minimum Gasteiger partial charge on any atom is -0.376 e. The fourth-order valence-corrected chi connectivity index (χ4v) is 3.61. The predicted octanol–water partition coefficient (Wildman–Crippen LogP) is 1.19. The van der Waals surface area contributed by atoms with Gasteiger partial charge in [-0.05, 0) is 20.3 Å². The highest BCUT2D eigenvalue weighted by Gasteiger charge is 2.27. The fourth-order valence-electron chi connectivity index (χ4n) is 2.44. The molecule has 0 radical (unpaired) electrons. The molecule has 0 aromatic carbocycles. The standard InChI is InChI=1S/C12H24N2OS/c1-12(2)10-14(6-8-16-12)5-3-11-9-13-4-7-15-11/h11,13H,3-10H2,1-2H3. The van der Waals surface area contributed by atoms with E-state index >= 15 is 0 Å². The molecule has 2 saturated heterocycles. The van der Waals surface area contributed by atoms with Crippen molar-refractivity contribution in [1.82, 2.24) is 10.2 Å². The second-order valence-electron chi connectivity index (χ2n) is 5.37. The van der Waals surface area contributed by atoms with Crippen molar-refractivity contribution < 1.29 is 4.74 Å². The van der Waals surface area contributed by atoms with Gasteiger partial charge in [-0.3, -0.25) is 0 Å². The van der Waals surface area contributed by atoms with Gasteiger partial charge in [-0.1, -0.05) is 0 Å². The van der Waals surface area contributed by atoms with E-state index < -0.39 is 0 Å². The van der Waals surface area contributed by atoms with Crippen LogP contribution < -0.4 is 5.32 Å². The summed E-state index contributed by atoms with van der Waals surface area (Å²) >= 11 is 2.10. The van der Waals surface area contributed by atoms with Crippen molar-refractivity contribution in [3.8, 4) is 0 Å². The minimum absolute atomic E-state index is 0.434. The average molecular weight is 244 g/mol. The number of thioether (sulfide) groups is 1. The summed E-state index contributed by atoms with van der Waals surface area (Å²) in [6.07, 6.45) is 1.61. The van der Waals surface area contributed by atoms with Gasteiger partial charge in [0.2, 0.25) is 0 Å². The van der Waals surface area contributed by atoms with Crippen LogP contribution in [0, 0.1) is 0 Å². The number of morpholine rings is 1. The predicted molar refractivity (Wildman–Crippen MR) is 70.2 cm³/mol. The number of rotatable bonds is 3. The molecule has 0 amide bonds. The molecular formula is C12H24N2OS. The second kappa shape index (κ2) is 5.71. The van der Waals surface area contributed by atoms with Gasteiger partial charge in [-0.15, -0.1) is 0 Å². The molecule has 0 aromatic rings. The third-order valence-corrected chi connectivity index (χ3v) is 4.57. The van der Waals surface area contributed by atoms with Crippen LogP contribution in [0.1, 0.15) is 20.3 Å². The summed E-state index contributed by atoms with van der Waals surface area (Å²) in [5, 5.41) is 3.39. The smallest absolute Gasteiger partial charge is 0.0712 e. The molecule has 1 N–H and O–H groups in total. The van der Waals surface area contributed by atoms with Crippen LogP contribution in [0.5, 0.6) is 0 Å². The molecule has 0 aromatic heterocycles. The number of ether oxygens (including phenoxy) is 1. The summed E-state index contributed by atoms with van der Waals surface area (Å²) in [6, 6.07) is 0. The Hall–Kier alpha value is 0.230. The molecule has 4 heteroatoms. The van der Waals surface area contributed by atoms with Crippen LogP contribution in [-0.4, -0.2) is 60.8 Å². The highest BCUT2D eigenvalue weighted by Crippen LogP contribution is 2.29. The Morgan fingerprint density at radius 3 is 3.06 bits per heavy atom. The first-order valence-electron chi connectivity index (χ1n) is 6.34. The van der Waals surface area contributed by atoms with Crippen molar-refractivity contribution in [3.05, 3.63) is 0 Å². The van der Waals surface area contributed by atoms with Crippen molar-refractivity contribution in [2.75, 3.05) is 45.1 Å². The van der Waals surface area contributed by atoms with Gasteiger partial charge in [-0.2, -0.15) is 11.8 Å². The number of nitrogens with zero attached hydrogens (tertiary/aromatic N) is 1. The molecule has 0 spiro atoms.